The quantitative estimate of drug-likeness (QED) is 0.367. The molecule has 2 aromatic heterocycles. The van der Waals surface area contributed by atoms with Gasteiger partial charge in [0.2, 0.25) is 0 Å². The van der Waals surface area contributed by atoms with Crippen molar-refractivity contribution in [3.63, 3.8) is 0 Å². The molecule has 0 bridgehead atoms. The van der Waals surface area contributed by atoms with Crippen LogP contribution in [0.3, 0.4) is 0 Å². The summed E-state index contributed by atoms with van der Waals surface area (Å²) in [6, 6.07) is 12.5. The van der Waals surface area contributed by atoms with Crippen LogP contribution in [0.15, 0.2) is 47.6 Å². The van der Waals surface area contributed by atoms with Gasteiger partial charge in [-0.3, -0.25) is 10.1 Å². The lowest BCUT2D eigenvalue weighted by molar-refractivity contribution is -0.384. The maximum atomic E-state index is 10.8. The van der Waals surface area contributed by atoms with Crippen molar-refractivity contribution in [1.82, 2.24) is 4.57 Å². The Kier molecular flexibility index (Phi) is 4.57. The van der Waals surface area contributed by atoms with Crippen LogP contribution in [0, 0.1) is 21.4 Å². The number of thiophene rings is 1. The minimum atomic E-state index is -0.413. The predicted octanol–water partition coefficient (Wildman–Crippen LogP) is 4.95. The average Bonchev–Trinajstić information content (AvgIpc) is 3.30. The third kappa shape index (κ3) is 3.27. The van der Waals surface area contributed by atoms with Gasteiger partial charge in [0.25, 0.3) is 5.69 Å². The number of nitrogens with zero attached hydrogens (tertiary/aromatic N) is 4. The fourth-order valence-corrected chi connectivity index (χ4v) is 4.54. The number of aryl methyl sites for hydroxylation is 1. The van der Waals surface area contributed by atoms with E-state index in [4.69, 9.17) is 0 Å². The highest BCUT2D eigenvalue weighted by Crippen LogP contribution is 2.39. The Morgan fingerprint density at radius 2 is 2.00 bits per heavy atom. The fraction of sp³-hybridized carbons (Fsp3) is 0.200. The van der Waals surface area contributed by atoms with E-state index in [2.05, 4.69) is 11.1 Å². The standard InChI is InChI=1S/C20H16N4O2S/c21-12-18-17-5-1-2-6-19(17)27-20(18)22-13-16-4-3-11-23(16)14-7-9-15(10-8-14)24(25)26/h3-4,7-11,13H,1-2,5-6H2/b22-13+. The first kappa shape index (κ1) is 17.2. The van der Waals surface area contributed by atoms with Crippen molar-refractivity contribution in [3.05, 3.63) is 74.4 Å². The summed E-state index contributed by atoms with van der Waals surface area (Å²) >= 11 is 1.61. The number of non-ortho nitro benzene ring substituents is 1. The van der Waals surface area contributed by atoms with E-state index in [9.17, 15) is 15.4 Å². The molecule has 4 rings (SSSR count). The number of hydrogen-bond donors (Lipinski definition) is 0. The SMILES string of the molecule is N#Cc1c(/N=C/c2cccn2-c2ccc([N+](=O)[O-])cc2)sc2c1CCCC2. The molecule has 0 atom stereocenters. The van der Waals surface area contributed by atoms with Gasteiger partial charge < -0.3 is 4.57 Å². The number of nitro benzene ring substituents is 1. The molecule has 134 valence electrons. The van der Waals surface area contributed by atoms with E-state index in [1.165, 1.54) is 29.0 Å². The largest absolute Gasteiger partial charge is 0.316 e. The lowest BCUT2D eigenvalue weighted by Gasteiger charge is -2.09. The molecule has 1 aromatic carbocycles. The van der Waals surface area contributed by atoms with E-state index in [-0.39, 0.29) is 5.69 Å². The van der Waals surface area contributed by atoms with Gasteiger partial charge in [0, 0.05) is 28.9 Å². The molecule has 0 spiro atoms. The van der Waals surface area contributed by atoms with E-state index in [1.54, 1.807) is 29.7 Å². The maximum Gasteiger partial charge on any atom is 0.269 e. The van der Waals surface area contributed by atoms with Crippen molar-refractivity contribution in [2.75, 3.05) is 0 Å². The first-order valence-electron chi connectivity index (χ1n) is 8.68. The number of aromatic nitrogens is 1. The van der Waals surface area contributed by atoms with Gasteiger partial charge in [-0.15, -0.1) is 11.3 Å². The van der Waals surface area contributed by atoms with Crippen LogP contribution in [0.25, 0.3) is 5.69 Å². The molecule has 0 amide bonds. The first-order valence-corrected chi connectivity index (χ1v) is 9.50. The van der Waals surface area contributed by atoms with Gasteiger partial charge in [-0.25, -0.2) is 4.99 Å². The van der Waals surface area contributed by atoms with Gasteiger partial charge in [0.1, 0.15) is 11.1 Å². The Morgan fingerprint density at radius 1 is 1.22 bits per heavy atom. The lowest BCUT2D eigenvalue weighted by Crippen LogP contribution is -1.99. The monoisotopic (exact) mass is 376 g/mol. The number of nitro groups is 1. The molecule has 3 aromatic rings. The second-order valence-electron chi connectivity index (χ2n) is 6.34. The van der Waals surface area contributed by atoms with Crippen LogP contribution in [-0.2, 0) is 12.8 Å². The van der Waals surface area contributed by atoms with Gasteiger partial charge in [0.15, 0.2) is 0 Å². The molecule has 0 saturated carbocycles. The molecule has 1 aliphatic carbocycles. The van der Waals surface area contributed by atoms with Crippen LogP contribution in [0.5, 0.6) is 0 Å². The highest BCUT2D eigenvalue weighted by molar-refractivity contribution is 7.16. The van der Waals surface area contributed by atoms with Crippen LogP contribution < -0.4 is 0 Å². The van der Waals surface area contributed by atoms with Crippen LogP contribution in [-0.4, -0.2) is 15.7 Å². The van der Waals surface area contributed by atoms with Crippen LogP contribution in [0.4, 0.5) is 10.7 Å². The summed E-state index contributed by atoms with van der Waals surface area (Å²) in [6.45, 7) is 0. The van der Waals surface area contributed by atoms with Crippen molar-refractivity contribution in [2.45, 2.75) is 25.7 Å². The number of fused-ring (bicyclic) bond motifs is 1. The summed E-state index contributed by atoms with van der Waals surface area (Å²) in [7, 11) is 0. The minimum Gasteiger partial charge on any atom is -0.316 e. The first-order chi connectivity index (χ1) is 13.2. The zero-order chi connectivity index (χ0) is 18.8. The average molecular weight is 376 g/mol. The summed E-state index contributed by atoms with van der Waals surface area (Å²) in [5, 5.41) is 21.1. The summed E-state index contributed by atoms with van der Waals surface area (Å²) in [4.78, 5) is 16.3. The van der Waals surface area contributed by atoms with Gasteiger partial charge in [-0.1, -0.05) is 0 Å². The smallest absolute Gasteiger partial charge is 0.269 e. The van der Waals surface area contributed by atoms with Gasteiger partial charge in [-0.05, 0) is 55.5 Å². The Bertz CT molecular complexity index is 1070. The lowest BCUT2D eigenvalue weighted by atomic mass is 9.96. The minimum absolute atomic E-state index is 0.0592. The van der Waals surface area contributed by atoms with E-state index in [0.717, 1.165) is 35.6 Å². The van der Waals surface area contributed by atoms with Gasteiger partial charge >= 0.3 is 0 Å². The number of rotatable bonds is 4. The molecule has 0 N–H and O–H groups in total. The van der Waals surface area contributed by atoms with E-state index in [1.807, 2.05) is 22.9 Å². The van der Waals surface area contributed by atoms with Crippen molar-refractivity contribution in [2.24, 2.45) is 4.99 Å². The molecule has 2 heterocycles. The topological polar surface area (TPSA) is 84.2 Å². The summed E-state index contributed by atoms with van der Waals surface area (Å²) in [5.41, 5.74) is 3.60. The third-order valence-corrected chi connectivity index (χ3v) is 5.90. The van der Waals surface area contributed by atoms with Crippen LogP contribution >= 0.6 is 11.3 Å². The molecule has 0 fully saturated rings. The number of benzene rings is 1. The maximum absolute atomic E-state index is 10.8. The zero-order valence-electron chi connectivity index (χ0n) is 14.5. The van der Waals surface area contributed by atoms with E-state index >= 15 is 0 Å². The highest BCUT2D eigenvalue weighted by Gasteiger charge is 2.20. The summed E-state index contributed by atoms with van der Waals surface area (Å²) in [5.74, 6) is 0. The normalized spacial score (nSPS) is 13.4. The second-order valence-corrected chi connectivity index (χ2v) is 7.42. The van der Waals surface area contributed by atoms with Gasteiger partial charge in [-0.2, -0.15) is 5.26 Å². The molecule has 6 nitrogen and oxygen atoms in total. The molecule has 27 heavy (non-hydrogen) atoms. The molecule has 0 saturated heterocycles. The Morgan fingerprint density at radius 3 is 2.74 bits per heavy atom. The molecule has 0 unspecified atom stereocenters. The van der Waals surface area contributed by atoms with Crippen molar-refractivity contribution in [3.8, 4) is 11.8 Å². The molecular weight excluding hydrogens is 360 g/mol. The van der Waals surface area contributed by atoms with E-state index in [0.29, 0.717) is 5.56 Å². The number of hydrogen-bond acceptors (Lipinski definition) is 5. The Labute approximate surface area is 160 Å². The molecule has 0 radical (unpaired) electrons. The molecular formula is C20H16N4O2S. The molecule has 1 aliphatic rings. The fourth-order valence-electron chi connectivity index (χ4n) is 3.35. The Hall–Kier alpha value is -3.24. The van der Waals surface area contributed by atoms with Crippen LogP contribution in [0.2, 0.25) is 0 Å². The van der Waals surface area contributed by atoms with Crippen molar-refractivity contribution >= 4 is 28.2 Å². The zero-order valence-corrected chi connectivity index (χ0v) is 15.3. The number of aliphatic imine (C=N–C) groups is 1. The predicted molar refractivity (Wildman–Crippen MR) is 105 cm³/mol. The third-order valence-electron chi connectivity index (χ3n) is 4.70. The van der Waals surface area contributed by atoms with E-state index < -0.39 is 4.92 Å². The summed E-state index contributed by atoms with van der Waals surface area (Å²) in [6.07, 6.45) is 7.93. The summed E-state index contributed by atoms with van der Waals surface area (Å²) < 4.78 is 1.91. The number of nitriles is 1. The Balaban J connectivity index is 1.65. The molecule has 0 aliphatic heterocycles. The van der Waals surface area contributed by atoms with Crippen molar-refractivity contribution < 1.29 is 4.92 Å². The van der Waals surface area contributed by atoms with Crippen molar-refractivity contribution in [1.29, 1.82) is 5.26 Å². The highest BCUT2D eigenvalue weighted by atomic mass is 32.1. The van der Waals surface area contributed by atoms with Crippen LogP contribution in [0.1, 0.15) is 34.5 Å². The van der Waals surface area contributed by atoms with Gasteiger partial charge in [0.05, 0.1) is 22.4 Å². The molecule has 7 heteroatoms. The second kappa shape index (κ2) is 7.17.